The standard InChI is InChI=1S/C17H17Cl2NO/c1-3-11(2)13-6-4-5-7-16(13)20-17(21)14-9-8-12(18)10-15(14)19/h4-11H,3H2,1-2H3,(H,20,21)/t11-/m0/s1. The molecular weight excluding hydrogens is 305 g/mol. The number of amides is 1. The van der Waals surface area contributed by atoms with Gasteiger partial charge in [0.25, 0.3) is 5.91 Å². The zero-order valence-electron chi connectivity index (χ0n) is 12.0. The third kappa shape index (κ3) is 3.78. The predicted octanol–water partition coefficient (Wildman–Crippen LogP) is 5.76. The van der Waals surface area contributed by atoms with E-state index in [0.717, 1.165) is 17.7 Å². The van der Waals surface area contributed by atoms with E-state index in [0.29, 0.717) is 21.5 Å². The van der Waals surface area contributed by atoms with Gasteiger partial charge in [-0.15, -0.1) is 0 Å². The zero-order chi connectivity index (χ0) is 15.4. The maximum atomic E-state index is 12.4. The van der Waals surface area contributed by atoms with Crippen LogP contribution in [0.25, 0.3) is 0 Å². The molecular formula is C17H17Cl2NO. The molecule has 0 aromatic heterocycles. The minimum Gasteiger partial charge on any atom is -0.322 e. The Bertz CT molecular complexity index is 655. The van der Waals surface area contributed by atoms with E-state index in [2.05, 4.69) is 19.2 Å². The highest BCUT2D eigenvalue weighted by molar-refractivity contribution is 6.37. The van der Waals surface area contributed by atoms with E-state index >= 15 is 0 Å². The fourth-order valence-corrected chi connectivity index (χ4v) is 2.62. The van der Waals surface area contributed by atoms with Gasteiger partial charge in [-0.05, 0) is 42.2 Å². The van der Waals surface area contributed by atoms with Crippen molar-refractivity contribution in [1.82, 2.24) is 0 Å². The monoisotopic (exact) mass is 321 g/mol. The number of benzene rings is 2. The van der Waals surface area contributed by atoms with Crippen LogP contribution in [0, 0.1) is 0 Å². The number of carbonyl (C=O) groups is 1. The maximum absolute atomic E-state index is 12.4. The van der Waals surface area contributed by atoms with E-state index in [1.54, 1.807) is 18.2 Å². The lowest BCUT2D eigenvalue weighted by Crippen LogP contribution is -2.14. The number of halogens is 2. The molecule has 1 N–H and O–H groups in total. The first-order valence-electron chi connectivity index (χ1n) is 6.88. The molecule has 0 fully saturated rings. The summed E-state index contributed by atoms with van der Waals surface area (Å²) >= 11 is 11.9. The Labute approximate surface area is 135 Å². The minimum atomic E-state index is -0.229. The van der Waals surface area contributed by atoms with Gasteiger partial charge in [0.15, 0.2) is 0 Å². The summed E-state index contributed by atoms with van der Waals surface area (Å²) in [7, 11) is 0. The fourth-order valence-electron chi connectivity index (χ4n) is 2.12. The quantitative estimate of drug-likeness (QED) is 0.762. The van der Waals surface area contributed by atoms with Crippen LogP contribution in [0.4, 0.5) is 5.69 Å². The summed E-state index contributed by atoms with van der Waals surface area (Å²) in [4.78, 5) is 12.4. The van der Waals surface area contributed by atoms with Gasteiger partial charge >= 0.3 is 0 Å². The highest BCUT2D eigenvalue weighted by atomic mass is 35.5. The van der Waals surface area contributed by atoms with E-state index in [4.69, 9.17) is 23.2 Å². The molecule has 0 radical (unpaired) electrons. The Kier molecular flexibility index (Phi) is 5.27. The van der Waals surface area contributed by atoms with E-state index in [1.165, 1.54) is 0 Å². The average molecular weight is 322 g/mol. The van der Waals surface area contributed by atoms with Gasteiger partial charge in [-0.1, -0.05) is 55.2 Å². The molecule has 0 spiro atoms. The summed E-state index contributed by atoms with van der Waals surface area (Å²) < 4.78 is 0. The smallest absolute Gasteiger partial charge is 0.257 e. The molecule has 2 rings (SSSR count). The Morgan fingerprint density at radius 3 is 2.57 bits per heavy atom. The Hall–Kier alpha value is -1.51. The van der Waals surface area contributed by atoms with Crippen molar-refractivity contribution in [1.29, 1.82) is 0 Å². The van der Waals surface area contributed by atoms with E-state index in [-0.39, 0.29) is 5.91 Å². The van der Waals surface area contributed by atoms with Crippen molar-refractivity contribution in [2.45, 2.75) is 26.2 Å². The van der Waals surface area contributed by atoms with Crippen LogP contribution >= 0.6 is 23.2 Å². The van der Waals surface area contributed by atoms with Crippen LogP contribution in [0.15, 0.2) is 42.5 Å². The van der Waals surface area contributed by atoms with Gasteiger partial charge < -0.3 is 5.32 Å². The van der Waals surface area contributed by atoms with E-state index < -0.39 is 0 Å². The molecule has 2 aromatic carbocycles. The topological polar surface area (TPSA) is 29.1 Å². The van der Waals surface area contributed by atoms with Crippen molar-refractivity contribution in [3.05, 3.63) is 63.6 Å². The highest BCUT2D eigenvalue weighted by Crippen LogP contribution is 2.28. The fraction of sp³-hybridized carbons (Fsp3) is 0.235. The van der Waals surface area contributed by atoms with Crippen LogP contribution in [-0.4, -0.2) is 5.91 Å². The summed E-state index contributed by atoms with van der Waals surface area (Å²) in [5.74, 6) is 0.148. The van der Waals surface area contributed by atoms with Crippen molar-refractivity contribution < 1.29 is 4.79 Å². The van der Waals surface area contributed by atoms with Crippen LogP contribution in [0.3, 0.4) is 0 Å². The normalized spacial score (nSPS) is 12.0. The van der Waals surface area contributed by atoms with Crippen LogP contribution < -0.4 is 5.32 Å². The molecule has 0 unspecified atom stereocenters. The zero-order valence-corrected chi connectivity index (χ0v) is 13.5. The van der Waals surface area contributed by atoms with Gasteiger partial charge in [0.1, 0.15) is 0 Å². The molecule has 110 valence electrons. The lowest BCUT2D eigenvalue weighted by atomic mass is 9.97. The van der Waals surface area contributed by atoms with Gasteiger partial charge in [-0.3, -0.25) is 4.79 Å². The molecule has 2 aromatic rings. The van der Waals surface area contributed by atoms with Crippen molar-refractivity contribution in [2.24, 2.45) is 0 Å². The second kappa shape index (κ2) is 6.97. The molecule has 2 nitrogen and oxygen atoms in total. The lowest BCUT2D eigenvalue weighted by Gasteiger charge is -2.16. The van der Waals surface area contributed by atoms with Crippen molar-refractivity contribution in [3.63, 3.8) is 0 Å². The predicted molar refractivity (Wildman–Crippen MR) is 89.6 cm³/mol. The molecule has 0 bridgehead atoms. The van der Waals surface area contributed by atoms with Crippen LogP contribution in [0.5, 0.6) is 0 Å². The molecule has 0 saturated carbocycles. The molecule has 4 heteroatoms. The number of carbonyl (C=O) groups excluding carboxylic acids is 1. The second-order valence-electron chi connectivity index (χ2n) is 4.97. The van der Waals surface area contributed by atoms with Gasteiger partial charge in [-0.2, -0.15) is 0 Å². The first kappa shape index (κ1) is 15.9. The van der Waals surface area contributed by atoms with Crippen molar-refractivity contribution in [2.75, 3.05) is 5.32 Å². The van der Waals surface area contributed by atoms with Gasteiger partial charge in [0.2, 0.25) is 0 Å². The van der Waals surface area contributed by atoms with Gasteiger partial charge in [0, 0.05) is 10.7 Å². The van der Waals surface area contributed by atoms with Gasteiger partial charge in [0.05, 0.1) is 10.6 Å². The lowest BCUT2D eigenvalue weighted by molar-refractivity contribution is 0.102. The molecule has 0 aliphatic heterocycles. The Morgan fingerprint density at radius 2 is 1.90 bits per heavy atom. The number of hydrogen-bond donors (Lipinski definition) is 1. The Morgan fingerprint density at radius 1 is 1.19 bits per heavy atom. The van der Waals surface area contributed by atoms with Crippen LogP contribution in [-0.2, 0) is 0 Å². The summed E-state index contributed by atoms with van der Waals surface area (Å²) in [5.41, 5.74) is 2.36. The molecule has 1 atom stereocenters. The first-order valence-corrected chi connectivity index (χ1v) is 7.63. The molecule has 21 heavy (non-hydrogen) atoms. The number of hydrogen-bond acceptors (Lipinski definition) is 1. The molecule has 0 saturated heterocycles. The van der Waals surface area contributed by atoms with Crippen molar-refractivity contribution >= 4 is 34.8 Å². The number of nitrogens with one attached hydrogen (secondary N) is 1. The molecule has 0 aliphatic carbocycles. The second-order valence-corrected chi connectivity index (χ2v) is 5.82. The Balaban J connectivity index is 2.28. The largest absolute Gasteiger partial charge is 0.322 e. The van der Waals surface area contributed by atoms with Crippen LogP contribution in [0.2, 0.25) is 10.0 Å². The molecule has 0 heterocycles. The average Bonchev–Trinajstić information content (AvgIpc) is 2.46. The third-order valence-electron chi connectivity index (χ3n) is 3.53. The highest BCUT2D eigenvalue weighted by Gasteiger charge is 2.14. The van der Waals surface area contributed by atoms with E-state index in [9.17, 15) is 4.79 Å². The summed E-state index contributed by atoms with van der Waals surface area (Å²) in [6.45, 7) is 4.26. The molecule has 1 amide bonds. The third-order valence-corrected chi connectivity index (χ3v) is 4.08. The maximum Gasteiger partial charge on any atom is 0.257 e. The SMILES string of the molecule is CC[C@H](C)c1ccccc1NC(=O)c1ccc(Cl)cc1Cl. The first-order chi connectivity index (χ1) is 10.0. The molecule has 0 aliphatic rings. The van der Waals surface area contributed by atoms with E-state index in [1.807, 2.05) is 24.3 Å². The van der Waals surface area contributed by atoms with Crippen molar-refractivity contribution in [3.8, 4) is 0 Å². The minimum absolute atomic E-state index is 0.229. The number of rotatable bonds is 4. The number of anilines is 1. The summed E-state index contributed by atoms with van der Waals surface area (Å²) in [6.07, 6.45) is 1.01. The number of para-hydroxylation sites is 1. The summed E-state index contributed by atoms with van der Waals surface area (Å²) in [6, 6.07) is 12.7. The van der Waals surface area contributed by atoms with Gasteiger partial charge in [-0.25, -0.2) is 0 Å². The van der Waals surface area contributed by atoms with Crippen LogP contribution in [0.1, 0.15) is 42.1 Å². The summed E-state index contributed by atoms with van der Waals surface area (Å²) in [5, 5.41) is 3.79.